The van der Waals surface area contributed by atoms with E-state index in [1.165, 1.54) is 6.92 Å². The predicted molar refractivity (Wildman–Crippen MR) is 63.4 cm³/mol. The number of amides is 1. The van der Waals surface area contributed by atoms with E-state index in [1.807, 2.05) is 0 Å². The van der Waals surface area contributed by atoms with Crippen LogP contribution < -0.4 is 10.6 Å². The molecule has 0 bridgehead atoms. The molecule has 1 fully saturated rings. The first-order valence-corrected chi connectivity index (χ1v) is 6.01. The van der Waals surface area contributed by atoms with E-state index in [9.17, 15) is 4.79 Å². The summed E-state index contributed by atoms with van der Waals surface area (Å²) in [6.45, 7) is 10.00. The summed E-state index contributed by atoms with van der Waals surface area (Å²) in [5, 5.41) is 6.04. The summed E-state index contributed by atoms with van der Waals surface area (Å²) in [4.78, 5) is 13.0. The maximum absolute atomic E-state index is 10.6. The van der Waals surface area contributed by atoms with E-state index in [1.54, 1.807) is 0 Å². The average Bonchev–Trinajstić information content (AvgIpc) is 2.28. The molecule has 1 unspecified atom stereocenters. The van der Waals surface area contributed by atoms with E-state index in [0.717, 1.165) is 39.3 Å². The fourth-order valence-electron chi connectivity index (χ4n) is 1.78. The Morgan fingerprint density at radius 3 is 3.00 bits per heavy atom. The lowest BCUT2D eigenvalue weighted by Crippen LogP contribution is -2.47. The molecule has 0 aromatic heterocycles. The molecule has 1 aliphatic rings. The smallest absolute Gasteiger partial charge is 0.216 e. The number of morpholine rings is 1. The summed E-state index contributed by atoms with van der Waals surface area (Å²) < 4.78 is 5.65. The molecule has 1 aliphatic heterocycles. The number of rotatable bonds is 6. The highest BCUT2D eigenvalue weighted by Gasteiger charge is 2.18. The standard InChI is InChI=1S/C11H23N3O2/c1-3-14-6-7-16-11(9-14)8-12-4-5-13-10(2)15/h11-12H,3-9H2,1-2H3,(H,13,15). The van der Waals surface area contributed by atoms with Crippen LogP contribution in [0.3, 0.4) is 0 Å². The van der Waals surface area contributed by atoms with Gasteiger partial charge in [-0.2, -0.15) is 0 Å². The van der Waals surface area contributed by atoms with Gasteiger partial charge in [0.15, 0.2) is 0 Å². The number of likely N-dealkylation sites (N-methyl/N-ethyl adjacent to an activating group) is 1. The van der Waals surface area contributed by atoms with E-state index in [2.05, 4.69) is 22.5 Å². The highest BCUT2D eigenvalue weighted by Crippen LogP contribution is 2.03. The first-order valence-electron chi connectivity index (χ1n) is 6.01. The van der Waals surface area contributed by atoms with Crippen LogP contribution in [0.15, 0.2) is 0 Å². The highest BCUT2D eigenvalue weighted by atomic mass is 16.5. The summed E-state index contributed by atoms with van der Waals surface area (Å²) in [6.07, 6.45) is 0.283. The van der Waals surface area contributed by atoms with Crippen molar-refractivity contribution in [3.8, 4) is 0 Å². The maximum atomic E-state index is 10.6. The Balaban J connectivity index is 2.01. The van der Waals surface area contributed by atoms with Gasteiger partial charge in [0.2, 0.25) is 5.91 Å². The molecule has 1 rings (SSSR count). The second-order valence-corrected chi connectivity index (χ2v) is 4.07. The van der Waals surface area contributed by atoms with Gasteiger partial charge < -0.3 is 15.4 Å². The van der Waals surface area contributed by atoms with Crippen LogP contribution in [0.25, 0.3) is 0 Å². The minimum Gasteiger partial charge on any atom is -0.374 e. The highest BCUT2D eigenvalue weighted by molar-refractivity contribution is 5.72. The average molecular weight is 229 g/mol. The van der Waals surface area contributed by atoms with Gasteiger partial charge in [-0.15, -0.1) is 0 Å². The van der Waals surface area contributed by atoms with Crippen LogP contribution >= 0.6 is 0 Å². The monoisotopic (exact) mass is 229 g/mol. The van der Waals surface area contributed by atoms with Crippen molar-refractivity contribution in [2.75, 3.05) is 45.9 Å². The van der Waals surface area contributed by atoms with Crippen LogP contribution in [0, 0.1) is 0 Å². The molecule has 1 heterocycles. The number of ether oxygens (including phenoxy) is 1. The number of carbonyl (C=O) groups is 1. The molecule has 0 radical (unpaired) electrons. The van der Waals surface area contributed by atoms with E-state index < -0.39 is 0 Å². The number of hydrogen-bond donors (Lipinski definition) is 2. The van der Waals surface area contributed by atoms with Gasteiger partial charge in [-0.25, -0.2) is 0 Å². The van der Waals surface area contributed by atoms with E-state index in [4.69, 9.17) is 4.74 Å². The van der Waals surface area contributed by atoms with Crippen molar-refractivity contribution in [3.05, 3.63) is 0 Å². The quantitative estimate of drug-likeness (QED) is 0.599. The number of nitrogens with zero attached hydrogens (tertiary/aromatic N) is 1. The molecule has 5 nitrogen and oxygen atoms in total. The molecular weight excluding hydrogens is 206 g/mol. The molecule has 1 amide bonds. The third-order valence-corrected chi connectivity index (χ3v) is 2.72. The molecule has 5 heteroatoms. The molecule has 94 valence electrons. The lowest BCUT2D eigenvalue weighted by atomic mass is 10.2. The largest absolute Gasteiger partial charge is 0.374 e. The van der Waals surface area contributed by atoms with E-state index >= 15 is 0 Å². The number of nitrogens with one attached hydrogen (secondary N) is 2. The van der Waals surface area contributed by atoms with Gasteiger partial charge in [0.1, 0.15) is 0 Å². The van der Waals surface area contributed by atoms with Crippen molar-refractivity contribution in [1.29, 1.82) is 0 Å². The van der Waals surface area contributed by atoms with Gasteiger partial charge in [-0.3, -0.25) is 9.69 Å². The molecule has 1 atom stereocenters. The van der Waals surface area contributed by atoms with Crippen LogP contribution in [0.4, 0.5) is 0 Å². The second kappa shape index (κ2) is 7.60. The minimum absolute atomic E-state index is 0.0212. The molecular formula is C11H23N3O2. The maximum Gasteiger partial charge on any atom is 0.216 e. The third kappa shape index (κ3) is 5.44. The van der Waals surface area contributed by atoms with Crippen LogP contribution in [0.2, 0.25) is 0 Å². The van der Waals surface area contributed by atoms with Gasteiger partial charge >= 0.3 is 0 Å². The van der Waals surface area contributed by atoms with Crippen molar-refractivity contribution in [2.24, 2.45) is 0 Å². The summed E-state index contributed by atoms with van der Waals surface area (Å²) in [7, 11) is 0. The Morgan fingerprint density at radius 2 is 2.31 bits per heavy atom. The van der Waals surface area contributed by atoms with Crippen LogP contribution in [-0.2, 0) is 9.53 Å². The van der Waals surface area contributed by atoms with Gasteiger partial charge in [-0.05, 0) is 6.54 Å². The minimum atomic E-state index is 0.0212. The van der Waals surface area contributed by atoms with Crippen LogP contribution in [-0.4, -0.2) is 62.8 Å². The molecule has 0 aromatic rings. The fourth-order valence-corrected chi connectivity index (χ4v) is 1.78. The zero-order chi connectivity index (χ0) is 11.8. The zero-order valence-electron chi connectivity index (χ0n) is 10.3. The lowest BCUT2D eigenvalue weighted by molar-refractivity contribution is -0.118. The van der Waals surface area contributed by atoms with Crippen molar-refractivity contribution >= 4 is 5.91 Å². The van der Waals surface area contributed by atoms with Gasteiger partial charge in [0.25, 0.3) is 0 Å². The second-order valence-electron chi connectivity index (χ2n) is 4.07. The first kappa shape index (κ1) is 13.4. The Labute approximate surface area is 97.5 Å². The summed E-state index contributed by atoms with van der Waals surface area (Å²) in [6, 6.07) is 0. The third-order valence-electron chi connectivity index (χ3n) is 2.72. The summed E-state index contributed by atoms with van der Waals surface area (Å²) in [5.74, 6) is 0.0212. The van der Waals surface area contributed by atoms with Crippen LogP contribution in [0.1, 0.15) is 13.8 Å². The molecule has 0 spiro atoms. The Morgan fingerprint density at radius 1 is 1.50 bits per heavy atom. The van der Waals surface area contributed by atoms with E-state index in [-0.39, 0.29) is 12.0 Å². The van der Waals surface area contributed by atoms with Crippen molar-refractivity contribution in [3.63, 3.8) is 0 Å². The van der Waals surface area contributed by atoms with Gasteiger partial charge in [0.05, 0.1) is 12.7 Å². The molecule has 0 aliphatic carbocycles. The van der Waals surface area contributed by atoms with E-state index in [0.29, 0.717) is 6.54 Å². The van der Waals surface area contributed by atoms with Crippen molar-refractivity contribution in [2.45, 2.75) is 20.0 Å². The first-order chi connectivity index (χ1) is 7.72. The van der Waals surface area contributed by atoms with Gasteiger partial charge in [-0.1, -0.05) is 6.92 Å². The van der Waals surface area contributed by atoms with Crippen LogP contribution in [0.5, 0.6) is 0 Å². The Bertz CT molecular complexity index is 211. The molecule has 2 N–H and O–H groups in total. The van der Waals surface area contributed by atoms with Crippen molar-refractivity contribution < 1.29 is 9.53 Å². The predicted octanol–water partition coefficient (Wildman–Crippen LogP) is -0.567. The SMILES string of the molecule is CCN1CCOC(CNCCNC(C)=O)C1. The topological polar surface area (TPSA) is 53.6 Å². The van der Waals surface area contributed by atoms with Gasteiger partial charge in [0, 0.05) is 39.6 Å². The summed E-state index contributed by atoms with van der Waals surface area (Å²) in [5.41, 5.74) is 0. The summed E-state index contributed by atoms with van der Waals surface area (Å²) >= 11 is 0. The number of carbonyl (C=O) groups excluding carboxylic acids is 1. The zero-order valence-corrected chi connectivity index (χ0v) is 10.3. The number of hydrogen-bond acceptors (Lipinski definition) is 4. The lowest BCUT2D eigenvalue weighted by Gasteiger charge is -2.32. The molecule has 16 heavy (non-hydrogen) atoms. The van der Waals surface area contributed by atoms with Crippen molar-refractivity contribution in [1.82, 2.24) is 15.5 Å². The Hall–Kier alpha value is -0.650. The fraction of sp³-hybridized carbons (Fsp3) is 0.909. The Kier molecular flexibility index (Phi) is 6.37. The molecule has 0 saturated carbocycles. The molecule has 0 aromatic carbocycles. The molecule has 1 saturated heterocycles. The normalized spacial score (nSPS) is 22.0.